The van der Waals surface area contributed by atoms with Gasteiger partial charge in [0.05, 0.1) is 0 Å². The summed E-state index contributed by atoms with van der Waals surface area (Å²) >= 11 is 11.1. The van der Waals surface area contributed by atoms with Crippen LogP contribution in [0.2, 0.25) is 10.0 Å². The Labute approximate surface area is 95.4 Å². The van der Waals surface area contributed by atoms with Gasteiger partial charge in [0.25, 0.3) is 0 Å². The molecule has 0 aliphatic carbocycles. The van der Waals surface area contributed by atoms with Gasteiger partial charge in [-0.2, -0.15) is 0 Å². The number of rotatable bonds is 0. The Bertz CT molecular complexity index is 181. The molecule has 1 aromatic rings. The van der Waals surface area contributed by atoms with Gasteiger partial charge in [-0.3, -0.25) is 0 Å². The molecule has 0 saturated carbocycles. The van der Waals surface area contributed by atoms with E-state index in [-0.39, 0.29) is 38.3 Å². The first kappa shape index (κ1) is 13.4. The fourth-order valence-electron chi connectivity index (χ4n) is 0.460. The number of halogens is 3. The largest absolute Gasteiger partial charge is 2.00 e. The van der Waals surface area contributed by atoms with Crippen molar-refractivity contribution < 1.29 is 2.85 Å². The Morgan fingerprint density at radius 1 is 1.10 bits per heavy atom. The van der Waals surface area contributed by atoms with E-state index < -0.39 is 0 Å². The minimum absolute atomic E-state index is 0. The van der Waals surface area contributed by atoms with Gasteiger partial charge in [0.15, 0.2) is 0 Å². The molecule has 0 amide bonds. The molecule has 0 bridgehead atoms. The number of hydrogen-bond donors (Lipinski definition) is 0. The van der Waals surface area contributed by atoms with Crippen molar-refractivity contribution in [2.45, 2.75) is 0 Å². The summed E-state index contributed by atoms with van der Waals surface area (Å²) in [6.07, 6.45) is 0. The van der Waals surface area contributed by atoms with E-state index in [1.165, 1.54) is 0 Å². The molecule has 0 aliphatic rings. The minimum Gasteiger partial charge on any atom is -1.00 e. The van der Waals surface area contributed by atoms with E-state index in [0.29, 0.717) is 10.0 Å². The second kappa shape index (κ2) is 6.56. The van der Waals surface area contributed by atoms with Gasteiger partial charge >= 0.3 is 23.1 Å². The standard InChI is InChI=1S/C6H4Cl2.ClH.Mg.2H/c7-5-2-1-3-6(8)4-5;;;;/h1-4H;1H;;;/q;;+2;2*-1. The predicted molar refractivity (Wildman–Crippen MR) is 51.7 cm³/mol. The zero-order valence-electron chi connectivity index (χ0n) is 7.18. The average molecular weight is 210 g/mol. The predicted octanol–water partition coefficient (Wildman–Crippen LogP) is 3.26. The van der Waals surface area contributed by atoms with Crippen LogP contribution < -0.4 is 0 Å². The van der Waals surface area contributed by atoms with Crippen molar-refractivity contribution in [3.05, 3.63) is 34.3 Å². The summed E-state index contributed by atoms with van der Waals surface area (Å²) in [6, 6.07) is 7.08. The van der Waals surface area contributed by atoms with E-state index in [1.54, 1.807) is 18.2 Å². The molecule has 0 nitrogen and oxygen atoms in total. The van der Waals surface area contributed by atoms with E-state index >= 15 is 0 Å². The van der Waals surface area contributed by atoms with Crippen molar-refractivity contribution in [2.24, 2.45) is 0 Å². The summed E-state index contributed by atoms with van der Waals surface area (Å²) in [4.78, 5) is 0. The van der Waals surface area contributed by atoms with Gasteiger partial charge in [-0.1, -0.05) is 29.3 Å². The summed E-state index contributed by atoms with van der Waals surface area (Å²) in [5, 5.41) is 1.36. The Kier molecular flexibility index (Phi) is 8.82. The van der Waals surface area contributed by atoms with E-state index in [9.17, 15) is 0 Å². The molecule has 0 saturated heterocycles. The summed E-state index contributed by atoms with van der Waals surface area (Å²) in [5.41, 5.74) is 0. The van der Waals surface area contributed by atoms with Crippen LogP contribution in [-0.4, -0.2) is 23.1 Å². The first-order valence-corrected chi connectivity index (χ1v) is 2.96. The molecule has 0 spiro atoms. The zero-order valence-corrected chi connectivity index (χ0v) is 8.92. The van der Waals surface area contributed by atoms with Gasteiger partial charge < -0.3 is 2.85 Å². The molecular formula is C6H7Cl3Mg. The van der Waals surface area contributed by atoms with Gasteiger partial charge in [-0.05, 0) is 18.2 Å². The molecule has 4 heteroatoms. The van der Waals surface area contributed by atoms with Crippen LogP contribution in [0.4, 0.5) is 0 Å². The summed E-state index contributed by atoms with van der Waals surface area (Å²) < 4.78 is 0. The molecule has 1 aromatic carbocycles. The topological polar surface area (TPSA) is 0 Å². The van der Waals surface area contributed by atoms with Gasteiger partial charge in [0.1, 0.15) is 0 Å². The molecule has 0 fully saturated rings. The van der Waals surface area contributed by atoms with Crippen molar-refractivity contribution in [1.82, 2.24) is 0 Å². The third-order valence-electron chi connectivity index (χ3n) is 0.787. The third kappa shape index (κ3) is 4.64. The maximum atomic E-state index is 5.56. The van der Waals surface area contributed by atoms with Crippen LogP contribution in [0.5, 0.6) is 0 Å². The Hall–Kier alpha value is 0.856. The molecule has 0 heterocycles. The summed E-state index contributed by atoms with van der Waals surface area (Å²) in [5.74, 6) is 0. The summed E-state index contributed by atoms with van der Waals surface area (Å²) in [7, 11) is 0. The molecule has 0 atom stereocenters. The molecule has 10 heavy (non-hydrogen) atoms. The van der Waals surface area contributed by atoms with Crippen LogP contribution in [-0.2, 0) is 0 Å². The molecule has 1 rings (SSSR count). The average Bonchev–Trinajstić information content (AvgIpc) is 1.64. The van der Waals surface area contributed by atoms with Gasteiger partial charge in [0, 0.05) is 10.0 Å². The van der Waals surface area contributed by atoms with Crippen molar-refractivity contribution in [1.29, 1.82) is 0 Å². The molecule has 0 unspecified atom stereocenters. The van der Waals surface area contributed by atoms with Crippen LogP contribution in [0.3, 0.4) is 0 Å². The smallest absolute Gasteiger partial charge is 1.00 e. The molecular weight excluding hydrogens is 203 g/mol. The molecule has 0 radical (unpaired) electrons. The van der Waals surface area contributed by atoms with Crippen LogP contribution in [0.15, 0.2) is 24.3 Å². The van der Waals surface area contributed by atoms with Crippen LogP contribution in [0.1, 0.15) is 2.85 Å². The quantitative estimate of drug-likeness (QED) is 0.576. The maximum Gasteiger partial charge on any atom is 2.00 e. The van der Waals surface area contributed by atoms with Gasteiger partial charge in [-0.25, -0.2) is 0 Å². The molecule has 0 aromatic heterocycles. The van der Waals surface area contributed by atoms with Gasteiger partial charge in [-0.15, -0.1) is 12.4 Å². The van der Waals surface area contributed by atoms with Crippen molar-refractivity contribution in [3.8, 4) is 0 Å². The van der Waals surface area contributed by atoms with Crippen LogP contribution in [0.25, 0.3) is 0 Å². The second-order valence-corrected chi connectivity index (χ2v) is 2.31. The van der Waals surface area contributed by atoms with E-state index in [4.69, 9.17) is 23.2 Å². The zero-order chi connectivity index (χ0) is 5.98. The van der Waals surface area contributed by atoms with Crippen LogP contribution >= 0.6 is 35.6 Å². The monoisotopic (exact) mass is 208 g/mol. The van der Waals surface area contributed by atoms with E-state index in [2.05, 4.69) is 0 Å². The molecule has 54 valence electrons. The Morgan fingerprint density at radius 2 is 1.50 bits per heavy atom. The normalized spacial score (nSPS) is 7.40. The van der Waals surface area contributed by atoms with Crippen molar-refractivity contribution in [2.75, 3.05) is 0 Å². The molecule has 0 N–H and O–H groups in total. The molecule has 0 aliphatic heterocycles. The van der Waals surface area contributed by atoms with Crippen molar-refractivity contribution in [3.63, 3.8) is 0 Å². The van der Waals surface area contributed by atoms with Crippen molar-refractivity contribution >= 4 is 58.7 Å². The minimum atomic E-state index is 0. The fraction of sp³-hybridized carbons (Fsp3) is 0. The SMILES string of the molecule is Cl.Clc1cccc(Cl)c1.[H-].[H-].[Mg+2]. The Balaban J connectivity index is -0.0000000800. The maximum absolute atomic E-state index is 5.56. The van der Waals surface area contributed by atoms with Gasteiger partial charge in [0.2, 0.25) is 0 Å². The Morgan fingerprint density at radius 3 is 1.70 bits per heavy atom. The van der Waals surface area contributed by atoms with E-state index in [1.807, 2.05) is 6.07 Å². The number of hydrogen-bond acceptors (Lipinski definition) is 0. The van der Waals surface area contributed by atoms with E-state index in [0.717, 1.165) is 0 Å². The third-order valence-corrected chi connectivity index (χ3v) is 1.26. The first-order valence-electron chi connectivity index (χ1n) is 2.20. The summed E-state index contributed by atoms with van der Waals surface area (Å²) in [6.45, 7) is 0. The number of benzene rings is 1. The first-order chi connectivity index (χ1) is 3.79. The van der Waals surface area contributed by atoms with Crippen LogP contribution in [0, 0.1) is 0 Å². The fourth-order valence-corrected chi connectivity index (χ4v) is 0.896. The second-order valence-electron chi connectivity index (χ2n) is 1.44.